The van der Waals surface area contributed by atoms with Crippen LogP contribution in [0.1, 0.15) is 39.0 Å². The van der Waals surface area contributed by atoms with Crippen LogP contribution in [0.3, 0.4) is 0 Å². The van der Waals surface area contributed by atoms with Crippen LogP contribution in [-0.4, -0.2) is 15.9 Å². The van der Waals surface area contributed by atoms with Crippen molar-refractivity contribution in [1.82, 2.24) is 4.98 Å². The summed E-state index contributed by atoms with van der Waals surface area (Å²) >= 11 is 0. The van der Waals surface area contributed by atoms with E-state index in [0.717, 1.165) is 12.2 Å². The second-order valence-electron chi connectivity index (χ2n) is 5.02. The van der Waals surface area contributed by atoms with Gasteiger partial charge in [0.2, 0.25) is 0 Å². The van der Waals surface area contributed by atoms with Crippen LogP contribution >= 0.6 is 0 Å². The Labute approximate surface area is 107 Å². The average Bonchev–Trinajstić information content (AvgIpc) is 2.56. The smallest absolute Gasteiger partial charge is 0.287 e. The molecule has 1 saturated carbocycles. The molecule has 0 bridgehead atoms. The molecule has 1 N–H and O–H groups in total. The van der Waals surface area contributed by atoms with Crippen LogP contribution in [0.25, 0.3) is 0 Å². The van der Waals surface area contributed by atoms with E-state index in [1.807, 2.05) is 0 Å². The Kier molecular flexibility index (Phi) is 4.12. The molecule has 2 atom stereocenters. The number of pyridine rings is 1. The SMILES string of the molecule is CC1CCCCCC1Nc1ccc([N+](=O)[O-])cn1. The highest BCUT2D eigenvalue weighted by Gasteiger charge is 2.20. The Morgan fingerprint density at radius 2 is 2.11 bits per heavy atom. The summed E-state index contributed by atoms with van der Waals surface area (Å²) in [6.07, 6.45) is 7.55. The first-order valence-corrected chi connectivity index (χ1v) is 6.54. The predicted octanol–water partition coefficient (Wildman–Crippen LogP) is 3.37. The monoisotopic (exact) mass is 249 g/mol. The number of rotatable bonds is 3. The lowest BCUT2D eigenvalue weighted by Gasteiger charge is -2.23. The van der Waals surface area contributed by atoms with E-state index in [2.05, 4.69) is 17.2 Å². The summed E-state index contributed by atoms with van der Waals surface area (Å²) in [6, 6.07) is 3.62. The predicted molar refractivity (Wildman–Crippen MR) is 70.6 cm³/mol. The zero-order valence-electron chi connectivity index (χ0n) is 10.6. The quantitative estimate of drug-likeness (QED) is 0.506. The molecular formula is C13H19N3O2. The molecule has 1 aliphatic rings. The minimum Gasteiger partial charge on any atom is -0.367 e. The lowest BCUT2D eigenvalue weighted by atomic mass is 9.97. The standard InChI is InChI=1S/C13H19N3O2/c1-10-5-3-2-4-6-12(10)15-13-8-7-11(9-14-13)16(17)18/h7-10,12H,2-6H2,1H3,(H,14,15). The van der Waals surface area contributed by atoms with E-state index in [4.69, 9.17) is 0 Å². The van der Waals surface area contributed by atoms with E-state index in [1.165, 1.54) is 37.9 Å². The first-order valence-electron chi connectivity index (χ1n) is 6.54. The van der Waals surface area contributed by atoms with Crippen LogP contribution < -0.4 is 5.32 Å². The molecule has 0 saturated heterocycles. The van der Waals surface area contributed by atoms with Crippen molar-refractivity contribution in [3.05, 3.63) is 28.4 Å². The van der Waals surface area contributed by atoms with Crippen molar-refractivity contribution >= 4 is 11.5 Å². The highest BCUT2D eigenvalue weighted by molar-refractivity contribution is 5.41. The summed E-state index contributed by atoms with van der Waals surface area (Å²) in [4.78, 5) is 14.2. The fraction of sp³-hybridized carbons (Fsp3) is 0.615. The zero-order valence-corrected chi connectivity index (χ0v) is 10.6. The molecule has 0 aromatic carbocycles. The molecule has 1 aromatic heterocycles. The van der Waals surface area contributed by atoms with Crippen LogP contribution in [0, 0.1) is 16.0 Å². The molecule has 2 rings (SSSR count). The van der Waals surface area contributed by atoms with Gasteiger partial charge in [-0.3, -0.25) is 10.1 Å². The molecule has 1 fully saturated rings. The van der Waals surface area contributed by atoms with E-state index in [1.54, 1.807) is 6.07 Å². The Bertz CT molecular complexity index is 405. The van der Waals surface area contributed by atoms with Gasteiger partial charge < -0.3 is 5.32 Å². The third-order valence-electron chi connectivity index (χ3n) is 3.65. The third kappa shape index (κ3) is 3.18. The summed E-state index contributed by atoms with van der Waals surface area (Å²) in [5, 5.41) is 13.9. The minimum absolute atomic E-state index is 0.0365. The highest BCUT2D eigenvalue weighted by atomic mass is 16.6. The van der Waals surface area contributed by atoms with Crippen LogP contribution in [0.15, 0.2) is 18.3 Å². The van der Waals surface area contributed by atoms with E-state index in [0.29, 0.717) is 12.0 Å². The largest absolute Gasteiger partial charge is 0.367 e. The van der Waals surface area contributed by atoms with Gasteiger partial charge in [0.1, 0.15) is 12.0 Å². The molecule has 18 heavy (non-hydrogen) atoms. The van der Waals surface area contributed by atoms with E-state index in [9.17, 15) is 10.1 Å². The lowest BCUT2D eigenvalue weighted by molar-refractivity contribution is -0.385. The van der Waals surface area contributed by atoms with Crippen molar-refractivity contribution in [3.63, 3.8) is 0 Å². The highest BCUT2D eigenvalue weighted by Crippen LogP contribution is 2.25. The van der Waals surface area contributed by atoms with Crippen molar-refractivity contribution in [2.75, 3.05) is 5.32 Å². The number of nitro groups is 1. The third-order valence-corrected chi connectivity index (χ3v) is 3.65. The summed E-state index contributed by atoms with van der Waals surface area (Å²) in [5.74, 6) is 1.36. The van der Waals surface area contributed by atoms with Crippen molar-refractivity contribution in [2.45, 2.75) is 45.1 Å². The summed E-state index contributed by atoms with van der Waals surface area (Å²) in [7, 11) is 0. The van der Waals surface area contributed by atoms with Crippen molar-refractivity contribution in [3.8, 4) is 0 Å². The summed E-state index contributed by atoms with van der Waals surface area (Å²) < 4.78 is 0. The molecule has 5 nitrogen and oxygen atoms in total. The molecule has 0 amide bonds. The number of anilines is 1. The van der Waals surface area contributed by atoms with Gasteiger partial charge in [0.25, 0.3) is 5.69 Å². The number of aromatic nitrogens is 1. The molecule has 1 aliphatic carbocycles. The average molecular weight is 249 g/mol. The molecule has 0 aliphatic heterocycles. The van der Waals surface area contributed by atoms with Crippen LogP contribution in [-0.2, 0) is 0 Å². The van der Waals surface area contributed by atoms with Gasteiger partial charge in [-0.1, -0.05) is 26.2 Å². The maximum absolute atomic E-state index is 10.5. The second-order valence-corrected chi connectivity index (χ2v) is 5.02. The van der Waals surface area contributed by atoms with Crippen molar-refractivity contribution in [2.24, 2.45) is 5.92 Å². The van der Waals surface area contributed by atoms with Crippen LogP contribution in [0.2, 0.25) is 0 Å². The second kappa shape index (κ2) is 5.80. The molecule has 0 radical (unpaired) electrons. The summed E-state index contributed by atoms with van der Waals surface area (Å²) in [5.41, 5.74) is 0.0365. The maximum atomic E-state index is 10.5. The topological polar surface area (TPSA) is 68.1 Å². The summed E-state index contributed by atoms with van der Waals surface area (Å²) in [6.45, 7) is 2.26. The van der Waals surface area contributed by atoms with Crippen LogP contribution in [0.4, 0.5) is 11.5 Å². The van der Waals surface area contributed by atoms with E-state index < -0.39 is 4.92 Å². The number of nitrogens with zero attached hydrogens (tertiary/aromatic N) is 2. The fourth-order valence-corrected chi connectivity index (χ4v) is 2.48. The Morgan fingerprint density at radius 1 is 1.33 bits per heavy atom. The normalized spacial score (nSPS) is 24.3. The van der Waals surface area contributed by atoms with Gasteiger partial charge in [-0.15, -0.1) is 0 Å². The number of hydrogen-bond donors (Lipinski definition) is 1. The maximum Gasteiger partial charge on any atom is 0.287 e. The molecule has 5 heteroatoms. The molecule has 2 unspecified atom stereocenters. The van der Waals surface area contributed by atoms with Gasteiger partial charge in [-0.25, -0.2) is 4.98 Å². The van der Waals surface area contributed by atoms with E-state index >= 15 is 0 Å². The molecule has 98 valence electrons. The van der Waals surface area contributed by atoms with Gasteiger partial charge in [0.05, 0.1) is 4.92 Å². The number of nitrogens with one attached hydrogen (secondary N) is 1. The molecule has 1 heterocycles. The van der Waals surface area contributed by atoms with Gasteiger partial charge in [0.15, 0.2) is 0 Å². The fourth-order valence-electron chi connectivity index (χ4n) is 2.48. The Morgan fingerprint density at radius 3 is 2.78 bits per heavy atom. The first-order chi connectivity index (χ1) is 8.66. The molecular weight excluding hydrogens is 230 g/mol. The van der Waals surface area contributed by atoms with Crippen molar-refractivity contribution < 1.29 is 4.92 Å². The van der Waals surface area contributed by atoms with Crippen LogP contribution in [0.5, 0.6) is 0 Å². The molecule has 0 spiro atoms. The first kappa shape index (κ1) is 12.8. The lowest BCUT2D eigenvalue weighted by Crippen LogP contribution is -2.26. The zero-order chi connectivity index (χ0) is 13.0. The van der Waals surface area contributed by atoms with Gasteiger partial charge in [-0.05, 0) is 24.8 Å². The van der Waals surface area contributed by atoms with E-state index in [-0.39, 0.29) is 5.69 Å². The van der Waals surface area contributed by atoms with Gasteiger partial charge in [0, 0.05) is 12.1 Å². The van der Waals surface area contributed by atoms with Crippen molar-refractivity contribution in [1.29, 1.82) is 0 Å². The van der Waals surface area contributed by atoms with Gasteiger partial charge >= 0.3 is 0 Å². The Balaban J connectivity index is 2.01. The molecule has 1 aromatic rings. The van der Waals surface area contributed by atoms with Gasteiger partial charge in [-0.2, -0.15) is 0 Å². The minimum atomic E-state index is -0.426. The number of hydrogen-bond acceptors (Lipinski definition) is 4. The Hall–Kier alpha value is -1.65.